The first kappa shape index (κ1) is 16.4. The van der Waals surface area contributed by atoms with Crippen LogP contribution in [0.3, 0.4) is 0 Å². The van der Waals surface area contributed by atoms with Crippen molar-refractivity contribution in [3.8, 4) is 11.8 Å². The fraction of sp³-hybridized carbons (Fsp3) is 0.200. The Morgan fingerprint density at radius 3 is 2.75 bits per heavy atom. The minimum atomic E-state index is 0.568. The van der Waals surface area contributed by atoms with Crippen LogP contribution in [0.5, 0.6) is 5.75 Å². The van der Waals surface area contributed by atoms with Gasteiger partial charge in [-0.15, -0.1) is 11.8 Å². The minimum Gasteiger partial charge on any atom is -0.492 e. The molecule has 1 heterocycles. The highest BCUT2D eigenvalue weighted by atomic mass is 32.2. The van der Waals surface area contributed by atoms with Gasteiger partial charge in [-0.05, 0) is 36.9 Å². The van der Waals surface area contributed by atoms with Crippen LogP contribution in [0.4, 0.5) is 0 Å². The molecule has 0 fully saturated rings. The molecule has 0 spiro atoms. The van der Waals surface area contributed by atoms with E-state index in [1.165, 1.54) is 5.39 Å². The topological polar surface area (TPSA) is 45.9 Å². The van der Waals surface area contributed by atoms with Gasteiger partial charge in [0.2, 0.25) is 0 Å². The van der Waals surface area contributed by atoms with E-state index >= 15 is 0 Å². The highest BCUT2D eigenvalue weighted by molar-refractivity contribution is 7.99. The van der Waals surface area contributed by atoms with Gasteiger partial charge in [0.15, 0.2) is 0 Å². The van der Waals surface area contributed by atoms with Crippen molar-refractivity contribution >= 4 is 22.5 Å². The van der Waals surface area contributed by atoms with E-state index in [0.29, 0.717) is 12.2 Å². The van der Waals surface area contributed by atoms with Gasteiger partial charge in [0, 0.05) is 16.8 Å². The zero-order valence-corrected chi connectivity index (χ0v) is 14.6. The first-order chi connectivity index (χ1) is 11.7. The SMILES string of the molecule is Cc1cc(C)c(C#N)c(SCCOc2cccc3ccccc23)n1. The van der Waals surface area contributed by atoms with Crippen LogP contribution in [-0.4, -0.2) is 17.3 Å². The summed E-state index contributed by atoms with van der Waals surface area (Å²) in [5.74, 6) is 1.64. The molecule has 3 aromatic rings. The van der Waals surface area contributed by atoms with Gasteiger partial charge in [0.25, 0.3) is 0 Å². The molecule has 0 saturated heterocycles. The summed E-state index contributed by atoms with van der Waals surface area (Å²) in [6, 6.07) is 18.4. The van der Waals surface area contributed by atoms with Crippen molar-refractivity contribution in [2.45, 2.75) is 18.9 Å². The molecule has 0 saturated carbocycles. The molecule has 0 aliphatic rings. The molecule has 0 radical (unpaired) electrons. The maximum Gasteiger partial charge on any atom is 0.127 e. The van der Waals surface area contributed by atoms with Crippen LogP contribution in [0, 0.1) is 25.2 Å². The maximum absolute atomic E-state index is 9.31. The van der Waals surface area contributed by atoms with Crippen molar-refractivity contribution in [1.29, 1.82) is 5.26 Å². The van der Waals surface area contributed by atoms with Gasteiger partial charge in [-0.3, -0.25) is 0 Å². The van der Waals surface area contributed by atoms with Crippen molar-refractivity contribution in [1.82, 2.24) is 4.98 Å². The molecule has 120 valence electrons. The number of rotatable bonds is 5. The normalized spacial score (nSPS) is 10.5. The Kier molecular flexibility index (Phi) is 5.02. The Morgan fingerprint density at radius 1 is 1.12 bits per heavy atom. The second kappa shape index (κ2) is 7.37. The van der Waals surface area contributed by atoms with Crippen molar-refractivity contribution in [3.63, 3.8) is 0 Å². The summed E-state index contributed by atoms with van der Waals surface area (Å²) in [6.45, 7) is 4.47. The molecular formula is C20H18N2OS. The first-order valence-corrected chi connectivity index (χ1v) is 8.79. The Morgan fingerprint density at radius 2 is 1.92 bits per heavy atom. The summed E-state index contributed by atoms with van der Waals surface area (Å²) >= 11 is 1.57. The van der Waals surface area contributed by atoms with E-state index in [1.807, 2.05) is 44.2 Å². The summed E-state index contributed by atoms with van der Waals surface area (Å²) in [7, 11) is 0. The largest absolute Gasteiger partial charge is 0.492 e. The van der Waals surface area contributed by atoms with Gasteiger partial charge in [0.05, 0.1) is 12.2 Å². The molecule has 0 bridgehead atoms. The number of aryl methyl sites for hydroxylation is 2. The van der Waals surface area contributed by atoms with Crippen LogP contribution < -0.4 is 4.74 Å². The molecule has 0 N–H and O–H groups in total. The third kappa shape index (κ3) is 3.52. The van der Waals surface area contributed by atoms with Crippen LogP contribution in [0.2, 0.25) is 0 Å². The lowest BCUT2D eigenvalue weighted by atomic mass is 10.1. The Hall–Kier alpha value is -2.51. The molecule has 4 heteroatoms. The van der Waals surface area contributed by atoms with E-state index in [9.17, 15) is 5.26 Å². The monoisotopic (exact) mass is 334 g/mol. The molecule has 0 aliphatic carbocycles. The summed E-state index contributed by atoms with van der Waals surface area (Å²) in [4.78, 5) is 4.48. The van der Waals surface area contributed by atoms with Gasteiger partial charge >= 0.3 is 0 Å². The maximum atomic E-state index is 9.31. The number of pyridine rings is 1. The lowest BCUT2D eigenvalue weighted by Gasteiger charge is -2.10. The molecule has 2 aromatic carbocycles. The van der Waals surface area contributed by atoms with Gasteiger partial charge in [0.1, 0.15) is 16.8 Å². The molecule has 3 rings (SSSR count). The van der Waals surface area contributed by atoms with Gasteiger partial charge in [-0.25, -0.2) is 4.98 Å². The molecule has 1 aromatic heterocycles. The number of nitriles is 1. The molecule has 0 unspecified atom stereocenters. The average Bonchev–Trinajstić information content (AvgIpc) is 2.58. The lowest BCUT2D eigenvalue weighted by Crippen LogP contribution is -2.02. The van der Waals surface area contributed by atoms with E-state index in [0.717, 1.165) is 33.2 Å². The van der Waals surface area contributed by atoms with Gasteiger partial charge in [-0.2, -0.15) is 5.26 Å². The predicted molar refractivity (Wildman–Crippen MR) is 98.6 cm³/mol. The van der Waals surface area contributed by atoms with E-state index in [4.69, 9.17) is 4.74 Å². The number of nitrogens with zero attached hydrogens (tertiary/aromatic N) is 2. The smallest absolute Gasteiger partial charge is 0.127 e. The highest BCUT2D eigenvalue weighted by Crippen LogP contribution is 2.26. The molecule has 24 heavy (non-hydrogen) atoms. The second-order valence-corrected chi connectivity index (χ2v) is 6.63. The molecular weight excluding hydrogens is 316 g/mol. The third-order valence-electron chi connectivity index (χ3n) is 3.75. The summed E-state index contributed by atoms with van der Waals surface area (Å²) in [5.41, 5.74) is 2.57. The molecule has 3 nitrogen and oxygen atoms in total. The zero-order valence-electron chi connectivity index (χ0n) is 13.7. The van der Waals surface area contributed by atoms with E-state index in [-0.39, 0.29) is 0 Å². The zero-order chi connectivity index (χ0) is 16.9. The average molecular weight is 334 g/mol. The van der Waals surface area contributed by atoms with E-state index in [1.54, 1.807) is 11.8 Å². The van der Waals surface area contributed by atoms with Crippen LogP contribution in [-0.2, 0) is 0 Å². The Bertz CT molecular complexity index is 910. The number of benzene rings is 2. The number of ether oxygens (including phenoxy) is 1. The first-order valence-electron chi connectivity index (χ1n) is 7.81. The van der Waals surface area contributed by atoms with Crippen LogP contribution >= 0.6 is 11.8 Å². The summed E-state index contributed by atoms with van der Waals surface area (Å²) < 4.78 is 5.94. The number of thioether (sulfide) groups is 1. The van der Waals surface area contributed by atoms with Crippen molar-refractivity contribution in [2.24, 2.45) is 0 Å². The Balaban J connectivity index is 1.67. The van der Waals surface area contributed by atoms with Crippen LogP contribution in [0.15, 0.2) is 53.6 Å². The van der Waals surface area contributed by atoms with Gasteiger partial charge in [-0.1, -0.05) is 36.4 Å². The fourth-order valence-corrected chi connectivity index (χ4v) is 3.57. The molecule has 0 aliphatic heterocycles. The van der Waals surface area contributed by atoms with Crippen LogP contribution in [0.25, 0.3) is 10.8 Å². The van der Waals surface area contributed by atoms with Crippen molar-refractivity contribution in [2.75, 3.05) is 12.4 Å². The third-order valence-corrected chi connectivity index (χ3v) is 4.69. The second-order valence-electron chi connectivity index (χ2n) is 5.55. The number of hydrogen-bond donors (Lipinski definition) is 0. The standard InChI is InChI=1S/C20H18N2OS/c1-14-12-15(2)22-20(18(14)13-21)24-11-10-23-19-9-5-7-16-6-3-4-8-17(16)19/h3-9,12H,10-11H2,1-2H3. The number of aromatic nitrogens is 1. The summed E-state index contributed by atoms with van der Waals surface area (Å²) in [6.07, 6.45) is 0. The minimum absolute atomic E-state index is 0.568. The molecule has 0 amide bonds. The quantitative estimate of drug-likeness (QED) is 0.492. The van der Waals surface area contributed by atoms with E-state index < -0.39 is 0 Å². The summed E-state index contributed by atoms with van der Waals surface area (Å²) in [5, 5.41) is 12.4. The Labute approximate surface area is 146 Å². The van der Waals surface area contributed by atoms with Crippen LogP contribution in [0.1, 0.15) is 16.8 Å². The molecule has 0 atom stereocenters. The van der Waals surface area contributed by atoms with Crippen molar-refractivity contribution in [3.05, 3.63) is 65.4 Å². The highest BCUT2D eigenvalue weighted by Gasteiger charge is 2.09. The number of hydrogen-bond acceptors (Lipinski definition) is 4. The fourth-order valence-electron chi connectivity index (χ4n) is 2.65. The van der Waals surface area contributed by atoms with Crippen molar-refractivity contribution < 1.29 is 4.74 Å². The van der Waals surface area contributed by atoms with E-state index in [2.05, 4.69) is 29.3 Å². The predicted octanol–water partition coefficient (Wildman–Crippen LogP) is 4.89. The lowest BCUT2D eigenvalue weighted by molar-refractivity contribution is 0.348. The van der Waals surface area contributed by atoms with Gasteiger partial charge < -0.3 is 4.74 Å². The number of fused-ring (bicyclic) bond motifs is 1.